The molecule has 0 amide bonds. The van der Waals surface area contributed by atoms with Crippen LogP contribution in [-0.2, 0) is 5.60 Å². The first-order valence-corrected chi connectivity index (χ1v) is 9.40. The average Bonchev–Trinajstić information content (AvgIpc) is 2.69. The van der Waals surface area contributed by atoms with Crippen molar-refractivity contribution in [2.24, 2.45) is 5.92 Å². The smallest absolute Gasteiger partial charge is 0.116 e. The summed E-state index contributed by atoms with van der Waals surface area (Å²) >= 11 is 0. The third kappa shape index (κ3) is 2.74. The highest BCUT2D eigenvalue weighted by molar-refractivity contribution is 5.43. The zero-order valence-corrected chi connectivity index (χ0v) is 14.6. The molecular formula is C23H26O2. The normalized spacial score (nSPS) is 29.4. The van der Waals surface area contributed by atoms with Gasteiger partial charge in [0, 0.05) is 12.5 Å². The molecule has 0 spiro atoms. The van der Waals surface area contributed by atoms with Crippen molar-refractivity contribution in [1.29, 1.82) is 0 Å². The van der Waals surface area contributed by atoms with Crippen LogP contribution < -0.4 is 0 Å². The van der Waals surface area contributed by atoms with Crippen LogP contribution in [0.15, 0.2) is 71.8 Å². The van der Waals surface area contributed by atoms with Crippen LogP contribution in [0.1, 0.15) is 49.1 Å². The predicted octanol–water partition coefficient (Wildman–Crippen LogP) is 4.54. The minimum Gasteiger partial charge on any atom is -0.396 e. The molecule has 2 aliphatic rings. The molecule has 0 aliphatic heterocycles. The number of aliphatic hydroxyl groups excluding tert-OH is 1. The minimum absolute atomic E-state index is 0.0122. The van der Waals surface area contributed by atoms with Crippen molar-refractivity contribution in [1.82, 2.24) is 0 Å². The predicted molar refractivity (Wildman–Crippen MR) is 100 cm³/mol. The molecule has 4 rings (SSSR count). The maximum Gasteiger partial charge on any atom is 0.116 e. The number of hydrogen-bond acceptors (Lipinski definition) is 2. The number of rotatable bonds is 3. The highest BCUT2D eigenvalue weighted by Crippen LogP contribution is 2.54. The van der Waals surface area contributed by atoms with Gasteiger partial charge in [-0.05, 0) is 54.7 Å². The summed E-state index contributed by atoms with van der Waals surface area (Å²) in [4.78, 5) is 0. The molecule has 130 valence electrons. The Labute approximate surface area is 149 Å². The van der Waals surface area contributed by atoms with Crippen molar-refractivity contribution in [2.75, 3.05) is 6.61 Å². The van der Waals surface area contributed by atoms with Gasteiger partial charge in [0.1, 0.15) is 5.60 Å². The standard InChI is InChI=1S/C23H26O2/c24-16-22-20(17-9-3-1-4-10-17)15-18-11-7-8-14-21(18)23(22,25)19-12-5-2-6-13-19/h1-6,9-10,12-13,20,22,24-25H,7-8,11,14-16H2/t20-,22-,23+/m0/s1. The van der Waals surface area contributed by atoms with E-state index in [-0.39, 0.29) is 18.4 Å². The fourth-order valence-corrected chi connectivity index (χ4v) is 4.97. The van der Waals surface area contributed by atoms with E-state index >= 15 is 0 Å². The van der Waals surface area contributed by atoms with Crippen LogP contribution in [0.3, 0.4) is 0 Å². The van der Waals surface area contributed by atoms with Gasteiger partial charge < -0.3 is 10.2 Å². The van der Waals surface area contributed by atoms with Crippen LogP contribution in [0.25, 0.3) is 0 Å². The first-order valence-electron chi connectivity index (χ1n) is 9.40. The molecule has 0 aromatic heterocycles. The molecule has 0 radical (unpaired) electrons. The Balaban J connectivity index is 1.89. The number of aliphatic hydroxyl groups is 2. The summed E-state index contributed by atoms with van der Waals surface area (Å²) in [5, 5.41) is 22.3. The van der Waals surface area contributed by atoms with Gasteiger partial charge >= 0.3 is 0 Å². The maximum absolute atomic E-state index is 12.0. The molecule has 0 saturated heterocycles. The Kier molecular flexibility index (Phi) is 4.49. The largest absolute Gasteiger partial charge is 0.396 e. The van der Waals surface area contributed by atoms with Gasteiger partial charge in [-0.25, -0.2) is 0 Å². The Bertz CT molecular complexity index is 750. The third-order valence-corrected chi connectivity index (χ3v) is 6.17. The zero-order valence-electron chi connectivity index (χ0n) is 14.6. The first-order chi connectivity index (χ1) is 12.2. The highest BCUT2D eigenvalue weighted by Gasteiger charge is 2.50. The molecule has 2 heteroatoms. The van der Waals surface area contributed by atoms with Gasteiger partial charge in [0.15, 0.2) is 0 Å². The van der Waals surface area contributed by atoms with E-state index in [9.17, 15) is 10.2 Å². The molecule has 2 aromatic carbocycles. The lowest BCUT2D eigenvalue weighted by atomic mass is 9.59. The van der Waals surface area contributed by atoms with Gasteiger partial charge in [-0.3, -0.25) is 0 Å². The molecule has 0 fully saturated rings. The fraction of sp³-hybridized carbons (Fsp3) is 0.391. The SMILES string of the molecule is OC[C@H]1[C@H](c2ccccc2)CC2=C(CCCC2)[C@]1(O)c1ccccc1. The van der Waals surface area contributed by atoms with Crippen molar-refractivity contribution in [3.8, 4) is 0 Å². The lowest BCUT2D eigenvalue weighted by Crippen LogP contribution is -2.46. The van der Waals surface area contributed by atoms with Crippen molar-refractivity contribution in [3.05, 3.63) is 82.9 Å². The molecule has 25 heavy (non-hydrogen) atoms. The summed E-state index contributed by atoms with van der Waals surface area (Å²) in [5.74, 6) is -0.0672. The van der Waals surface area contributed by atoms with Crippen LogP contribution in [0.4, 0.5) is 0 Å². The van der Waals surface area contributed by atoms with E-state index < -0.39 is 5.60 Å². The summed E-state index contributed by atoms with van der Waals surface area (Å²) in [5.41, 5.74) is 3.66. The van der Waals surface area contributed by atoms with Crippen LogP contribution in [0.2, 0.25) is 0 Å². The third-order valence-electron chi connectivity index (χ3n) is 6.17. The molecule has 0 saturated carbocycles. The van der Waals surface area contributed by atoms with Gasteiger partial charge in [0.05, 0.1) is 0 Å². The van der Waals surface area contributed by atoms with E-state index in [0.29, 0.717) is 0 Å². The van der Waals surface area contributed by atoms with Gasteiger partial charge in [0.25, 0.3) is 0 Å². The lowest BCUT2D eigenvalue weighted by Gasteiger charge is -2.48. The summed E-state index contributed by atoms with van der Waals surface area (Å²) in [6.45, 7) is -0.0122. The molecule has 2 aromatic rings. The van der Waals surface area contributed by atoms with Gasteiger partial charge in [-0.2, -0.15) is 0 Å². The second-order valence-corrected chi connectivity index (χ2v) is 7.43. The van der Waals surface area contributed by atoms with E-state index in [0.717, 1.165) is 31.2 Å². The lowest BCUT2D eigenvalue weighted by molar-refractivity contribution is -0.0390. The number of allylic oxidation sites excluding steroid dienone is 1. The minimum atomic E-state index is -1.06. The van der Waals surface area contributed by atoms with Crippen LogP contribution in [-0.4, -0.2) is 16.8 Å². The topological polar surface area (TPSA) is 40.5 Å². The van der Waals surface area contributed by atoms with Gasteiger partial charge in [0.2, 0.25) is 0 Å². The summed E-state index contributed by atoms with van der Waals surface area (Å²) in [7, 11) is 0. The van der Waals surface area contributed by atoms with Crippen molar-refractivity contribution < 1.29 is 10.2 Å². The Morgan fingerprint density at radius 3 is 2.20 bits per heavy atom. The molecule has 0 unspecified atom stereocenters. The molecule has 3 atom stereocenters. The van der Waals surface area contributed by atoms with Crippen molar-refractivity contribution >= 4 is 0 Å². The Hall–Kier alpha value is -1.90. The average molecular weight is 334 g/mol. The number of benzene rings is 2. The second-order valence-electron chi connectivity index (χ2n) is 7.43. The highest BCUT2D eigenvalue weighted by atomic mass is 16.3. The van der Waals surface area contributed by atoms with Gasteiger partial charge in [-0.1, -0.05) is 66.2 Å². The quantitative estimate of drug-likeness (QED) is 0.809. The summed E-state index contributed by atoms with van der Waals surface area (Å²) < 4.78 is 0. The monoisotopic (exact) mass is 334 g/mol. The molecule has 0 bridgehead atoms. The summed E-state index contributed by atoms with van der Waals surface area (Å²) in [6.07, 6.45) is 5.31. The first kappa shape index (κ1) is 16.6. The van der Waals surface area contributed by atoms with E-state index in [2.05, 4.69) is 24.3 Å². The van der Waals surface area contributed by atoms with Crippen molar-refractivity contribution in [2.45, 2.75) is 43.6 Å². The Morgan fingerprint density at radius 2 is 1.52 bits per heavy atom. The molecule has 2 N–H and O–H groups in total. The molecule has 2 aliphatic carbocycles. The van der Waals surface area contributed by atoms with E-state index in [1.165, 1.54) is 23.1 Å². The summed E-state index contributed by atoms with van der Waals surface area (Å²) in [6, 6.07) is 20.4. The second kappa shape index (κ2) is 6.78. The van der Waals surface area contributed by atoms with Crippen LogP contribution >= 0.6 is 0 Å². The Morgan fingerprint density at radius 1 is 0.880 bits per heavy atom. The fourth-order valence-electron chi connectivity index (χ4n) is 4.97. The maximum atomic E-state index is 12.0. The molecule has 2 nitrogen and oxygen atoms in total. The van der Waals surface area contributed by atoms with Crippen LogP contribution in [0.5, 0.6) is 0 Å². The number of hydrogen-bond donors (Lipinski definition) is 2. The van der Waals surface area contributed by atoms with Crippen LogP contribution in [0, 0.1) is 5.92 Å². The zero-order chi connectivity index (χ0) is 17.3. The van der Waals surface area contributed by atoms with E-state index in [4.69, 9.17) is 0 Å². The van der Waals surface area contributed by atoms with E-state index in [1.54, 1.807) is 0 Å². The van der Waals surface area contributed by atoms with Crippen molar-refractivity contribution in [3.63, 3.8) is 0 Å². The van der Waals surface area contributed by atoms with Gasteiger partial charge in [-0.15, -0.1) is 0 Å². The molecule has 0 heterocycles. The van der Waals surface area contributed by atoms with E-state index in [1.807, 2.05) is 36.4 Å². The molecular weight excluding hydrogens is 308 g/mol.